The molecule has 6 amide bonds. The van der Waals surface area contributed by atoms with Crippen LogP contribution in [0.1, 0.15) is 81.9 Å². The van der Waals surface area contributed by atoms with Gasteiger partial charge in [0.25, 0.3) is 11.8 Å². The molecular formula is C49H44N10O8S2. The monoisotopic (exact) mass is 964 g/mol. The second-order valence-electron chi connectivity index (χ2n) is 14.9. The summed E-state index contributed by atoms with van der Waals surface area (Å²) < 4.78 is 0. The molecule has 350 valence electrons. The molecule has 8 N–H and O–H groups in total. The number of aromatic amines is 2. The van der Waals surface area contributed by atoms with Gasteiger partial charge >= 0.3 is 12.1 Å². The van der Waals surface area contributed by atoms with Gasteiger partial charge in [-0.05, 0) is 79.3 Å². The minimum atomic E-state index is -0.555. The molecule has 0 fully saturated rings. The Balaban J connectivity index is 0.000000204. The number of Topliss-reactive ketones (excluding diaryl/α,β-unsaturated/α-hetero) is 2. The Morgan fingerprint density at radius 2 is 0.797 bits per heavy atom. The van der Waals surface area contributed by atoms with E-state index in [0.29, 0.717) is 66.6 Å². The number of carbonyl (C=O) groups excluding carboxylic acids is 8. The number of ketones is 4. The predicted molar refractivity (Wildman–Crippen MR) is 265 cm³/mol. The lowest BCUT2D eigenvalue weighted by molar-refractivity contribution is 0.0978. The number of para-hydroxylation sites is 4. The van der Waals surface area contributed by atoms with Gasteiger partial charge in [0.1, 0.15) is 22.8 Å². The Labute approximate surface area is 403 Å². The Kier molecular flexibility index (Phi) is 16.8. The quantitative estimate of drug-likeness (QED) is 0.0403. The van der Waals surface area contributed by atoms with Crippen LogP contribution in [-0.4, -0.2) is 92.0 Å². The van der Waals surface area contributed by atoms with Crippen molar-refractivity contribution in [2.24, 2.45) is 0 Å². The molecule has 0 unspecified atom stereocenters. The average molecular weight is 965 g/mol. The summed E-state index contributed by atoms with van der Waals surface area (Å²) >= 11 is 2.45. The molecule has 20 heteroatoms. The molecule has 0 bridgehead atoms. The minimum absolute atomic E-state index is 0.00678. The molecule has 2 aliphatic rings. The fourth-order valence-corrected chi connectivity index (χ4v) is 8.59. The molecule has 0 aliphatic heterocycles. The Hall–Kier alpha value is -8.36. The fourth-order valence-electron chi connectivity index (χ4n) is 6.67. The van der Waals surface area contributed by atoms with E-state index in [1.807, 2.05) is 48.5 Å². The van der Waals surface area contributed by atoms with Crippen LogP contribution >= 0.6 is 23.5 Å². The van der Waals surface area contributed by atoms with Crippen LogP contribution in [-0.2, 0) is 0 Å². The highest BCUT2D eigenvalue weighted by atomic mass is 32.2. The number of thioether (sulfide) groups is 2. The van der Waals surface area contributed by atoms with E-state index >= 15 is 0 Å². The SMILES string of the molecule is O=C(NCCCCSC1=CC(=O)c2n[nH]c(C(=O)Nc3ccccc3)c2C1=O)Nc1ccccc1.O=C(NCCCSC1=CC(=O)c2n[nH]c(C(=O)Nc3ccccc3)c2C1=O)Nc1ccccc1. The lowest BCUT2D eigenvalue weighted by Gasteiger charge is -2.12. The Morgan fingerprint density at radius 1 is 0.449 bits per heavy atom. The third-order valence-corrected chi connectivity index (χ3v) is 12.2. The Morgan fingerprint density at radius 3 is 1.19 bits per heavy atom. The van der Waals surface area contributed by atoms with Crippen LogP contribution in [0.25, 0.3) is 0 Å². The van der Waals surface area contributed by atoms with Crippen molar-refractivity contribution < 1.29 is 38.4 Å². The van der Waals surface area contributed by atoms with Gasteiger partial charge in [0.15, 0.2) is 0 Å². The van der Waals surface area contributed by atoms with Crippen LogP contribution in [0.5, 0.6) is 0 Å². The molecule has 69 heavy (non-hydrogen) atoms. The number of carbonyl (C=O) groups is 8. The summed E-state index contributed by atoms with van der Waals surface area (Å²) in [7, 11) is 0. The maximum atomic E-state index is 13.0. The van der Waals surface area contributed by atoms with Crippen molar-refractivity contribution >= 4 is 93.3 Å². The van der Waals surface area contributed by atoms with Crippen LogP contribution in [0.15, 0.2) is 143 Å². The summed E-state index contributed by atoms with van der Waals surface area (Å²) in [6.45, 7) is 0.865. The highest BCUT2D eigenvalue weighted by molar-refractivity contribution is 8.04. The first-order valence-electron chi connectivity index (χ1n) is 21.5. The maximum absolute atomic E-state index is 13.0. The predicted octanol–water partition coefficient (Wildman–Crippen LogP) is 8.13. The smallest absolute Gasteiger partial charge is 0.319 e. The van der Waals surface area contributed by atoms with Gasteiger partial charge in [0, 0.05) is 48.0 Å². The van der Waals surface area contributed by atoms with E-state index in [9.17, 15) is 38.4 Å². The van der Waals surface area contributed by atoms with Crippen molar-refractivity contribution in [1.29, 1.82) is 0 Å². The molecule has 18 nitrogen and oxygen atoms in total. The summed E-state index contributed by atoms with van der Waals surface area (Å²) in [5.74, 6) is -1.72. The number of allylic oxidation sites excluding steroid dienone is 4. The van der Waals surface area contributed by atoms with Crippen molar-refractivity contribution in [3.05, 3.63) is 177 Å². The first-order chi connectivity index (χ1) is 33.5. The summed E-state index contributed by atoms with van der Waals surface area (Å²) in [5, 5.41) is 29.2. The number of nitrogens with one attached hydrogen (secondary N) is 8. The van der Waals surface area contributed by atoms with Crippen LogP contribution < -0.4 is 31.9 Å². The number of hydrogen-bond donors (Lipinski definition) is 8. The van der Waals surface area contributed by atoms with Crippen molar-refractivity contribution in [1.82, 2.24) is 31.0 Å². The van der Waals surface area contributed by atoms with Crippen molar-refractivity contribution in [2.75, 3.05) is 45.9 Å². The molecule has 0 saturated heterocycles. The van der Waals surface area contributed by atoms with Gasteiger partial charge in [-0.15, -0.1) is 23.5 Å². The van der Waals surface area contributed by atoms with Gasteiger partial charge < -0.3 is 31.9 Å². The highest BCUT2D eigenvalue weighted by Gasteiger charge is 2.35. The molecule has 0 saturated carbocycles. The van der Waals surface area contributed by atoms with Gasteiger partial charge in [-0.2, -0.15) is 10.2 Å². The summed E-state index contributed by atoms with van der Waals surface area (Å²) in [5.41, 5.74) is 2.28. The number of unbranched alkanes of at least 4 members (excludes halogenated alkanes) is 1. The lowest BCUT2D eigenvalue weighted by Crippen LogP contribution is -2.29. The highest BCUT2D eigenvalue weighted by Crippen LogP contribution is 2.32. The zero-order valence-electron chi connectivity index (χ0n) is 36.6. The molecule has 0 spiro atoms. The van der Waals surface area contributed by atoms with E-state index in [1.54, 1.807) is 72.8 Å². The first-order valence-corrected chi connectivity index (χ1v) is 23.5. The van der Waals surface area contributed by atoms with Crippen LogP contribution in [0.2, 0.25) is 0 Å². The fraction of sp³-hybridized carbons (Fsp3) is 0.143. The average Bonchev–Trinajstić information content (AvgIpc) is 4.02. The maximum Gasteiger partial charge on any atom is 0.319 e. The summed E-state index contributed by atoms with van der Waals surface area (Å²) in [6.07, 6.45) is 4.50. The summed E-state index contributed by atoms with van der Waals surface area (Å²) in [6, 6.07) is 35.2. The number of H-pyrrole nitrogens is 2. The van der Waals surface area contributed by atoms with Crippen LogP contribution in [0, 0.1) is 0 Å². The normalized spacial score (nSPS) is 12.5. The number of hydrogen-bond acceptors (Lipinski definition) is 12. The number of amides is 6. The summed E-state index contributed by atoms with van der Waals surface area (Å²) in [4.78, 5) is 101. The zero-order chi connectivity index (χ0) is 48.5. The number of rotatable bonds is 17. The second kappa shape index (κ2) is 23.9. The molecular weight excluding hydrogens is 921 g/mol. The van der Waals surface area contributed by atoms with Gasteiger partial charge in [-0.25, -0.2) is 9.59 Å². The van der Waals surface area contributed by atoms with Crippen LogP contribution in [0.4, 0.5) is 32.3 Å². The molecule has 2 aliphatic carbocycles. The molecule has 0 radical (unpaired) electrons. The third kappa shape index (κ3) is 13.2. The first kappa shape index (κ1) is 48.6. The number of nitrogens with zero attached hydrogens (tertiary/aromatic N) is 2. The van der Waals surface area contributed by atoms with E-state index in [2.05, 4.69) is 52.3 Å². The number of fused-ring (bicyclic) bond motifs is 2. The van der Waals surface area contributed by atoms with Crippen molar-refractivity contribution in [2.45, 2.75) is 19.3 Å². The van der Waals surface area contributed by atoms with E-state index in [0.717, 1.165) is 0 Å². The van der Waals surface area contributed by atoms with E-state index < -0.39 is 34.9 Å². The number of anilines is 4. The minimum Gasteiger partial charge on any atom is -0.338 e. The molecule has 2 heterocycles. The number of urea groups is 2. The molecule has 2 aromatic heterocycles. The lowest BCUT2D eigenvalue weighted by atomic mass is 9.99. The number of aromatic nitrogens is 4. The Bertz CT molecular complexity index is 2920. The van der Waals surface area contributed by atoms with E-state index in [-0.39, 0.29) is 55.8 Å². The molecule has 0 atom stereocenters. The van der Waals surface area contributed by atoms with Crippen molar-refractivity contribution in [3.8, 4) is 0 Å². The second-order valence-corrected chi connectivity index (χ2v) is 17.2. The van der Waals surface area contributed by atoms with Gasteiger partial charge in [0.2, 0.25) is 23.1 Å². The topological polar surface area (TPSA) is 266 Å². The number of benzene rings is 4. The largest absolute Gasteiger partial charge is 0.338 e. The van der Waals surface area contributed by atoms with Crippen molar-refractivity contribution in [3.63, 3.8) is 0 Å². The van der Waals surface area contributed by atoms with E-state index in [1.165, 1.54) is 35.7 Å². The molecule has 6 aromatic rings. The third-order valence-electron chi connectivity index (χ3n) is 9.98. The van der Waals surface area contributed by atoms with Gasteiger partial charge in [0.05, 0.1) is 20.9 Å². The van der Waals surface area contributed by atoms with Gasteiger partial charge in [-0.1, -0.05) is 72.8 Å². The molecule has 8 rings (SSSR count). The zero-order valence-corrected chi connectivity index (χ0v) is 38.3. The van der Waals surface area contributed by atoms with Gasteiger partial charge in [-0.3, -0.25) is 39.0 Å². The standard InChI is InChI=1S/C25H23N5O4S.C24H21N5O4S/c31-18-15-19(35-14-8-7-13-26-25(34)28-17-11-5-2-6-12-17)23(32)20-21(18)29-30-22(20)24(33)27-16-9-3-1-4-10-16;30-17-14-18(34-13-7-12-25-24(33)27-16-10-5-2-6-11-16)22(31)19-20(17)28-29-21(19)23(32)26-15-8-3-1-4-9-15/h1-6,9-12,15H,7-8,13-14H2,(H,27,33)(H,29,30)(H2,26,28,34);1-6,8-11,14H,7,12-13H2,(H,26,32)(H,28,29)(H2,25,27,33). The van der Waals surface area contributed by atoms with Crippen LogP contribution in [0.3, 0.4) is 0 Å². The van der Waals surface area contributed by atoms with E-state index in [4.69, 9.17) is 0 Å². The molecule has 4 aromatic carbocycles.